The van der Waals surface area contributed by atoms with E-state index in [0.717, 1.165) is 23.4 Å². The zero-order chi connectivity index (χ0) is 15.5. The van der Waals surface area contributed by atoms with Gasteiger partial charge in [-0.2, -0.15) is 4.98 Å². The van der Waals surface area contributed by atoms with Gasteiger partial charge in [-0.15, -0.1) is 5.10 Å². The molecular formula is C15H16N6O. The standard InChI is InChI=1S/C15H16N6O/c1-10-9-11(2)21-15(18-10)19-13(20-21)14(22)17-8-5-12-3-6-16-7-4-12/h3-4,6-7,9H,5,8H2,1-2H3,(H,17,22). The van der Waals surface area contributed by atoms with Crippen LogP contribution in [0.15, 0.2) is 30.6 Å². The molecule has 1 N–H and O–H groups in total. The third-order valence-corrected chi connectivity index (χ3v) is 3.27. The minimum Gasteiger partial charge on any atom is -0.349 e. The summed E-state index contributed by atoms with van der Waals surface area (Å²) >= 11 is 0. The summed E-state index contributed by atoms with van der Waals surface area (Å²) in [5, 5.41) is 7.02. The van der Waals surface area contributed by atoms with Crippen LogP contribution in [0.25, 0.3) is 5.78 Å². The van der Waals surface area contributed by atoms with Crippen molar-refractivity contribution in [2.24, 2.45) is 0 Å². The Labute approximate surface area is 127 Å². The summed E-state index contributed by atoms with van der Waals surface area (Å²) in [4.78, 5) is 24.5. The molecule has 0 saturated carbocycles. The number of carbonyl (C=O) groups excluding carboxylic acids is 1. The van der Waals surface area contributed by atoms with Crippen molar-refractivity contribution in [1.82, 2.24) is 29.9 Å². The number of nitrogens with one attached hydrogen (secondary N) is 1. The summed E-state index contributed by atoms with van der Waals surface area (Å²) in [5.41, 5.74) is 2.86. The second-order valence-corrected chi connectivity index (χ2v) is 5.05. The maximum atomic E-state index is 12.1. The lowest BCUT2D eigenvalue weighted by Crippen LogP contribution is -2.26. The number of aromatic nitrogens is 5. The van der Waals surface area contributed by atoms with Gasteiger partial charge in [-0.05, 0) is 44.0 Å². The van der Waals surface area contributed by atoms with Crippen LogP contribution in [0, 0.1) is 13.8 Å². The van der Waals surface area contributed by atoms with Crippen molar-refractivity contribution < 1.29 is 4.79 Å². The number of carbonyl (C=O) groups is 1. The number of aryl methyl sites for hydroxylation is 2. The molecule has 3 rings (SSSR count). The van der Waals surface area contributed by atoms with Crippen molar-refractivity contribution >= 4 is 11.7 Å². The maximum Gasteiger partial charge on any atom is 0.291 e. The molecule has 3 heterocycles. The van der Waals surface area contributed by atoms with Gasteiger partial charge in [0.2, 0.25) is 5.82 Å². The average Bonchev–Trinajstić information content (AvgIpc) is 2.92. The molecule has 3 aromatic heterocycles. The molecule has 0 saturated heterocycles. The van der Waals surface area contributed by atoms with E-state index in [1.165, 1.54) is 0 Å². The minimum absolute atomic E-state index is 0.135. The van der Waals surface area contributed by atoms with E-state index in [4.69, 9.17) is 0 Å². The van der Waals surface area contributed by atoms with Crippen LogP contribution in [0.4, 0.5) is 0 Å². The third kappa shape index (κ3) is 2.93. The fourth-order valence-corrected chi connectivity index (χ4v) is 2.21. The van der Waals surface area contributed by atoms with Crippen LogP contribution < -0.4 is 5.32 Å². The lowest BCUT2D eigenvalue weighted by molar-refractivity contribution is 0.0944. The number of fused-ring (bicyclic) bond motifs is 1. The largest absolute Gasteiger partial charge is 0.349 e. The minimum atomic E-state index is -0.295. The van der Waals surface area contributed by atoms with E-state index < -0.39 is 0 Å². The lowest BCUT2D eigenvalue weighted by Gasteiger charge is -2.02. The third-order valence-electron chi connectivity index (χ3n) is 3.27. The molecule has 0 aromatic carbocycles. The van der Waals surface area contributed by atoms with Crippen molar-refractivity contribution in [2.45, 2.75) is 20.3 Å². The predicted octanol–water partition coefficient (Wildman–Crippen LogP) is 1.11. The van der Waals surface area contributed by atoms with E-state index >= 15 is 0 Å². The zero-order valence-electron chi connectivity index (χ0n) is 12.4. The summed E-state index contributed by atoms with van der Waals surface area (Å²) in [6.07, 6.45) is 4.20. The average molecular weight is 296 g/mol. The summed E-state index contributed by atoms with van der Waals surface area (Å²) in [6, 6.07) is 5.74. The Kier molecular flexibility index (Phi) is 3.78. The van der Waals surface area contributed by atoms with Gasteiger partial charge in [0.05, 0.1) is 0 Å². The van der Waals surface area contributed by atoms with E-state index in [1.807, 2.05) is 32.0 Å². The Balaban J connectivity index is 1.69. The van der Waals surface area contributed by atoms with Gasteiger partial charge < -0.3 is 5.32 Å². The summed E-state index contributed by atoms with van der Waals surface area (Å²) in [6.45, 7) is 4.31. The molecule has 0 unspecified atom stereocenters. The second kappa shape index (κ2) is 5.88. The van der Waals surface area contributed by atoms with Crippen LogP contribution in [0.2, 0.25) is 0 Å². The highest BCUT2D eigenvalue weighted by Crippen LogP contribution is 2.05. The number of pyridine rings is 1. The molecule has 0 radical (unpaired) electrons. The molecule has 22 heavy (non-hydrogen) atoms. The Morgan fingerprint density at radius 1 is 1.23 bits per heavy atom. The fraction of sp³-hybridized carbons (Fsp3) is 0.267. The van der Waals surface area contributed by atoms with Crippen LogP contribution >= 0.6 is 0 Å². The quantitative estimate of drug-likeness (QED) is 0.779. The first-order valence-electron chi connectivity index (χ1n) is 7.01. The van der Waals surface area contributed by atoms with E-state index in [2.05, 4.69) is 25.4 Å². The molecule has 3 aromatic rings. The van der Waals surface area contributed by atoms with E-state index in [-0.39, 0.29) is 11.7 Å². The van der Waals surface area contributed by atoms with E-state index in [9.17, 15) is 4.79 Å². The smallest absolute Gasteiger partial charge is 0.291 e. The Hall–Kier alpha value is -2.83. The maximum absolute atomic E-state index is 12.1. The monoisotopic (exact) mass is 296 g/mol. The van der Waals surface area contributed by atoms with Crippen LogP contribution in [0.3, 0.4) is 0 Å². The normalized spacial score (nSPS) is 10.8. The van der Waals surface area contributed by atoms with Crippen molar-refractivity contribution in [2.75, 3.05) is 6.54 Å². The first kappa shape index (κ1) is 14.1. The lowest BCUT2D eigenvalue weighted by atomic mass is 10.2. The first-order valence-corrected chi connectivity index (χ1v) is 7.01. The Bertz CT molecular complexity index is 812. The number of amides is 1. The van der Waals surface area contributed by atoms with Crippen LogP contribution in [-0.2, 0) is 6.42 Å². The SMILES string of the molecule is Cc1cc(C)n2nc(C(=O)NCCc3ccncc3)nc2n1. The summed E-state index contributed by atoms with van der Waals surface area (Å²) in [5.74, 6) is 0.282. The molecule has 0 bridgehead atoms. The van der Waals surface area contributed by atoms with Gasteiger partial charge in [0.15, 0.2) is 0 Å². The zero-order valence-corrected chi connectivity index (χ0v) is 12.4. The number of nitrogens with zero attached hydrogens (tertiary/aromatic N) is 5. The van der Waals surface area contributed by atoms with Gasteiger partial charge in [0.25, 0.3) is 11.7 Å². The van der Waals surface area contributed by atoms with Gasteiger partial charge in [-0.3, -0.25) is 9.78 Å². The number of hydrogen-bond donors (Lipinski definition) is 1. The molecule has 112 valence electrons. The molecule has 0 atom stereocenters. The van der Waals surface area contributed by atoms with Gasteiger partial charge in [0, 0.05) is 30.3 Å². The number of rotatable bonds is 4. The van der Waals surface area contributed by atoms with Gasteiger partial charge in [0.1, 0.15) is 0 Å². The molecule has 0 spiro atoms. The van der Waals surface area contributed by atoms with E-state index in [0.29, 0.717) is 12.3 Å². The number of hydrogen-bond acceptors (Lipinski definition) is 5. The molecule has 7 nitrogen and oxygen atoms in total. The fourth-order valence-electron chi connectivity index (χ4n) is 2.21. The highest BCUT2D eigenvalue weighted by Gasteiger charge is 2.14. The van der Waals surface area contributed by atoms with Crippen LogP contribution in [0.1, 0.15) is 27.6 Å². The van der Waals surface area contributed by atoms with Crippen molar-refractivity contribution in [3.63, 3.8) is 0 Å². The molecule has 1 amide bonds. The first-order chi connectivity index (χ1) is 10.6. The Morgan fingerprint density at radius 3 is 2.77 bits per heavy atom. The molecular weight excluding hydrogens is 280 g/mol. The predicted molar refractivity (Wildman–Crippen MR) is 80.5 cm³/mol. The second-order valence-electron chi connectivity index (χ2n) is 5.05. The molecule has 0 aliphatic heterocycles. The summed E-state index contributed by atoms with van der Waals surface area (Å²) in [7, 11) is 0. The Morgan fingerprint density at radius 2 is 2.00 bits per heavy atom. The molecule has 7 heteroatoms. The van der Waals surface area contributed by atoms with Crippen molar-refractivity contribution in [3.05, 3.63) is 53.4 Å². The van der Waals surface area contributed by atoms with Gasteiger partial charge in [-0.1, -0.05) is 0 Å². The van der Waals surface area contributed by atoms with Crippen molar-refractivity contribution in [3.8, 4) is 0 Å². The highest BCUT2D eigenvalue weighted by atomic mass is 16.2. The molecule has 0 fully saturated rings. The van der Waals surface area contributed by atoms with Gasteiger partial charge in [-0.25, -0.2) is 9.50 Å². The van der Waals surface area contributed by atoms with Gasteiger partial charge >= 0.3 is 0 Å². The highest BCUT2D eigenvalue weighted by molar-refractivity contribution is 5.90. The van der Waals surface area contributed by atoms with E-state index in [1.54, 1.807) is 16.9 Å². The van der Waals surface area contributed by atoms with Crippen molar-refractivity contribution in [1.29, 1.82) is 0 Å². The topological polar surface area (TPSA) is 85.1 Å². The van der Waals surface area contributed by atoms with Crippen LogP contribution in [0.5, 0.6) is 0 Å². The van der Waals surface area contributed by atoms with Crippen LogP contribution in [-0.4, -0.2) is 37.0 Å². The summed E-state index contributed by atoms with van der Waals surface area (Å²) < 4.78 is 1.57. The molecule has 0 aliphatic rings. The molecule has 0 aliphatic carbocycles.